The third-order valence-corrected chi connectivity index (χ3v) is 6.49. The Morgan fingerprint density at radius 1 is 0.607 bits per heavy atom. The van der Waals surface area contributed by atoms with Gasteiger partial charge in [0.05, 0.1) is 0 Å². The smallest absolute Gasteiger partial charge is 0.0489 e. The van der Waals surface area contributed by atoms with Gasteiger partial charge in [0, 0.05) is 47.3 Å². The molecule has 0 aliphatic heterocycles. The number of nitrogens with zero attached hydrogens (tertiary/aromatic N) is 2. The van der Waals surface area contributed by atoms with E-state index >= 15 is 0 Å². The molecule has 4 aromatic rings. The maximum absolute atomic E-state index is 2.46. The second-order valence-corrected chi connectivity index (χ2v) is 8.40. The summed E-state index contributed by atoms with van der Waals surface area (Å²) in [6, 6.07) is 9.51. The molecule has 2 aromatic carbocycles. The van der Waals surface area contributed by atoms with Crippen molar-refractivity contribution in [1.82, 2.24) is 9.13 Å². The van der Waals surface area contributed by atoms with Crippen LogP contribution >= 0.6 is 0 Å². The second-order valence-electron chi connectivity index (χ2n) is 8.40. The summed E-state index contributed by atoms with van der Waals surface area (Å²) >= 11 is 0. The fourth-order valence-corrected chi connectivity index (χ4v) is 4.72. The lowest BCUT2D eigenvalue weighted by atomic mass is 9.96. The monoisotopic (exact) mass is 374 g/mol. The highest BCUT2D eigenvalue weighted by atomic mass is 15.0. The molecule has 2 aromatic heterocycles. The van der Waals surface area contributed by atoms with Crippen molar-refractivity contribution in [2.24, 2.45) is 0 Å². The molecular weight excluding hydrogens is 340 g/mol. The maximum Gasteiger partial charge on any atom is 0.0489 e. The van der Waals surface area contributed by atoms with Crippen LogP contribution in [0.3, 0.4) is 0 Å². The Morgan fingerprint density at radius 2 is 1.04 bits per heavy atom. The van der Waals surface area contributed by atoms with Gasteiger partial charge in [-0.3, -0.25) is 0 Å². The second kappa shape index (κ2) is 8.03. The van der Waals surface area contributed by atoms with Gasteiger partial charge in [-0.1, -0.05) is 39.5 Å². The van der Waals surface area contributed by atoms with Crippen molar-refractivity contribution in [3.63, 3.8) is 0 Å². The Kier molecular flexibility index (Phi) is 5.48. The molecule has 0 unspecified atom stereocenters. The maximum atomic E-state index is 2.46. The number of hydrogen-bond donors (Lipinski definition) is 0. The molecule has 0 bridgehead atoms. The minimum Gasteiger partial charge on any atom is -0.347 e. The molecule has 0 fully saturated rings. The zero-order valence-electron chi connectivity index (χ0n) is 18.0. The molecule has 148 valence electrons. The Hall–Kier alpha value is -2.22. The average molecular weight is 375 g/mol. The molecular formula is C26H34N2. The van der Waals surface area contributed by atoms with Crippen molar-refractivity contribution in [1.29, 1.82) is 0 Å². The largest absolute Gasteiger partial charge is 0.347 e. The molecule has 0 amide bonds. The van der Waals surface area contributed by atoms with E-state index in [1.807, 2.05) is 0 Å². The number of aryl methyl sites for hydroxylation is 4. The molecule has 2 heteroatoms. The lowest BCUT2D eigenvalue weighted by Gasteiger charge is -2.13. The van der Waals surface area contributed by atoms with E-state index < -0.39 is 0 Å². The summed E-state index contributed by atoms with van der Waals surface area (Å²) in [5.74, 6) is 0. The summed E-state index contributed by atoms with van der Waals surface area (Å²) in [6.45, 7) is 11.4. The van der Waals surface area contributed by atoms with E-state index in [0.29, 0.717) is 0 Å². The average Bonchev–Trinajstić information content (AvgIpc) is 3.28. The summed E-state index contributed by atoms with van der Waals surface area (Å²) in [5.41, 5.74) is 5.64. The topological polar surface area (TPSA) is 9.86 Å². The highest BCUT2D eigenvalue weighted by Gasteiger charge is 2.13. The van der Waals surface area contributed by atoms with Crippen molar-refractivity contribution < 1.29 is 0 Å². The first-order chi connectivity index (χ1) is 13.7. The summed E-state index contributed by atoms with van der Waals surface area (Å²) in [5, 5.41) is 5.65. The molecule has 28 heavy (non-hydrogen) atoms. The van der Waals surface area contributed by atoms with Crippen LogP contribution in [0.15, 0.2) is 36.7 Å². The SMILES string of the molecule is CCCCCn1ccc2c(C)c3cc4c(ccn4CCCCC)c(C)c3cc21. The van der Waals surface area contributed by atoms with Gasteiger partial charge in [0.2, 0.25) is 0 Å². The van der Waals surface area contributed by atoms with Gasteiger partial charge in [0.25, 0.3) is 0 Å². The van der Waals surface area contributed by atoms with Gasteiger partial charge in [-0.2, -0.15) is 0 Å². The van der Waals surface area contributed by atoms with Crippen LogP contribution in [-0.4, -0.2) is 9.13 Å². The Morgan fingerprint density at radius 3 is 1.43 bits per heavy atom. The summed E-state index contributed by atoms with van der Waals surface area (Å²) in [6.07, 6.45) is 12.2. The lowest BCUT2D eigenvalue weighted by molar-refractivity contribution is 0.616. The van der Waals surface area contributed by atoms with E-state index in [-0.39, 0.29) is 0 Å². The Labute approximate surface area is 169 Å². The third kappa shape index (κ3) is 3.23. The highest BCUT2D eigenvalue weighted by molar-refractivity contribution is 6.08. The molecule has 0 N–H and O–H groups in total. The molecule has 0 radical (unpaired) electrons. The first kappa shape index (κ1) is 19.1. The van der Waals surface area contributed by atoms with Crippen LogP contribution in [0.4, 0.5) is 0 Å². The summed E-state index contributed by atoms with van der Waals surface area (Å²) < 4.78 is 4.91. The van der Waals surface area contributed by atoms with E-state index in [1.165, 1.54) is 82.2 Å². The number of benzene rings is 2. The molecule has 0 aliphatic carbocycles. The van der Waals surface area contributed by atoms with Gasteiger partial charge in [-0.05, 0) is 72.9 Å². The molecule has 0 atom stereocenters. The Balaban J connectivity index is 1.85. The van der Waals surface area contributed by atoms with E-state index in [4.69, 9.17) is 0 Å². The van der Waals surface area contributed by atoms with Gasteiger partial charge in [-0.25, -0.2) is 0 Å². The van der Waals surface area contributed by atoms with Gasteiger partial charge in [0.1, 0.15) is 0 Å². The lowest BCUT2D eigenvalue weighted by Crippen LogP contribution is -1.98. The third-order valence-electron chi connectivity index (χ3n) is 6.49. The molecule has 2 nitrogen and oxygen atoms in total. The molecule has 0 aliphatic rings. The van der Waals surface area contributed by atoms with Gasteiger partial charge in [0.15, 0.2) is 0 Å². The molecule has 0 saturated heterocycles. The van der Waals surface area contributed by atoms with Crippen molar-refractivity contribution in [2.45, 2.75) is 79.3 Å². The fourth-order valence-electron chi connectivity index (χ4n) is 4.72. The van der Waals surface area contributed by atoms with E-state index in [1.54, 1.807) is 0 Å². The van der Waals surface area contributed by atoms with Gasteiger partial charge < -0.3 is 9.13 Å². The van der Waals surface area contributed by atoms with Crippen molar-refractivity contribution >= 4 is 32.6 Å². The predicted molar refractivity (Wildman–Crippen MR) is 123 cm³/mol. The fraction of sp³-hybridized carbons (Fsp3) is 0.462. The van der Waals surface area contributed by atoms with E-state index in [0.717, 1.165) is 13.1 Å². The summed E-state index contributed by atoms with van der Waals surface area (Å²) in [7, 11) is 0. The first-order valence-corrected chi connectivity index (χ1v) is 11.2. The van der Waals surface area contributed by atoms with Crippen molar-refractivity contribution in [2.75, 3.05) is 0 Å². The zero-order valence-corrected chi connectivity index (χ0v) is 18.0. The predicted octanol–water partition coefficient (Wildman–Crippen LogP) is 7.75. The number of rotatable bonds is 8. The molecule has 0 spiro atoms. The first-order valence-electron chi connectivity index (χ1n) is 11.2. The standard InChI is InChI=1S/C26H34N2/c1-5-7-9-13-27-15-11-21-19(3)24-18-26-22(20(4)23(24)17-25(21)27)12-16-28(26)14-10-8-6-2/h11-12,15-18H,5-10,13-14H2,1-4H3. The number of unbranched alkanes of at least 4 members (excludes halogenated alkanes) is 4. The molecule has 0 saturated carbocycles. The highest BCUT2D eigenvalue weighted by Crippen LogP contribution is 2.35. The summed E-state index contributed by atoms with van der Waals surface area (Å²) in [4.78, 5) is 0. The molecule has 2 heterocycles. The van der Waals surface area contributed by atoms with Crippen LogP contribution in [0.25, 0.3) is 32.6 Å². The van der Waals surface area contributed by atoms with Gasteiger partial charge >= 0.3 is 0 Å². The zero-order chi connectivity index (χ0) is 19.7. The number of hydrogen-bond acceptors (Lipinski definition) is 0. The van der Waals surface area contributed by atoms with E-state index in [2.05, 4.69) is 73.5 Å². The van der Waals surface area contributed by atoms with Gasteiger partial charge in [-0.15, -0.1) is 0 Å². The number of fused-ring (bicyclic) bond motifs is 3. The minimum atomic E-state index is 1.12. The van der Waals surface area contributed by atoms with Crippen LogP contribution in [-0.2, 0) is 13.1 Å². The Bertz CT molecular complexity index is 1020. The van der Waals surface area contributed by atoms with Crippen LogP contribution in [0.5, 0.6) is 0 Å². The van der Waals surface area contributed by atoms with Crippen LogP contribution < -0.4 is 0 Å². The van der Waals surface area contributed by atoms with Crippen LogP contribution in [0.1, 0.15) is 63.5 Å². The van der Waals surface area contributed by atoms with Crippen LogP contribution in [0, 0.1) is 13.8 Å². The quantitative estimate of drug-likeness (QED) is 0.279. The number of aromatic nitrogens is 2. The molecule has 4 rings (SSSR count). The van der Waals surface area contributed by atoms with Crippen molar-refractivity contribution in [3.05, 3.63) is 47.8 Å². The minimum absolute atomic E-state index is 1.12. The van der Waals surface area contributed by atoms with Crippen LogP contribution in [0.2, 0.25) is 0 Å². The van der Waals surface area contributed by atoms with Crippen molar-refractivity contribution in [3.8, 4) is 0 Å². The van der Waals surface area contributed by atoms with E-state index in [9.17, 15) is 0 Å². The normalized spacial score (nSPS) is 12.0.